The Morgan fingerprint density at radius 2 is 1.72 bits per heavy atom. The van der Waals surface area contributed by atoms with Crippen LogP contribution in [0.5, 0.6) is 0 Å². The Morgan fingerprint density at radius 3 is 2.20 bits per heavy atom. The molecule has 1 saturated heterocycles. The number of aromatic nitrogens is 1. The molecule has 25 heavy (non-hydrogen) atoms. The molecule has 1 atom stereocenters. The summed E-state index contributed by atoms with van der Waals surface area (Å²) in [5.74, 6) is -5.96. The zero-order valence-corrected chi connectivity index (χ0v) is 12.4. The van der Waals surface area contributed by atoms with E-state index in [0.29, 0.717) is 12.3 Å². The molecule has 2 heterocycles. The van der Waals surface area contributed by atoms with Gasteiger partial charge in [0.25, 0.3) is 0 Å². The number of nitrogens with zero attached hydrogens (tertiary/aromatic N) is 1. The summed E-state index contributed by atoms with van der Waals surface area (Å²) in [6.45, 7) is -0.533. The van der Waals surface area contributed by atoms with Gasteiger partial charge in [-0.15, -0.1) is 0 Å². The van der Waals surface area contributed by atoms with Crippen LogP contribution in [0, 0.1) is 11.6 Å². The van der Waals surface area contributed by atoms with Crippen molar-refractivity contribution in [3.05, 3.63) is 65.0 Å². The van der Waals surface area contributed by atoms with Crippen molar-refractivity contribution in [2.24, 2.45) is 0 Å². The van der Waals surface area contributed by atoms with E-state index in [1.54, 1.807) is 0 Å². The fourth-order valence-corrected chi connectivity index (χ4v) is 2.55. The normalized spacial score (nSPS) is 20.6. The van der Waals surface area contributed by atoms with Crippen molar-refractivity contribution < 1.29 is 35.5 Å². The molecule has 0 radical (unpaired) electrons. The molecule has 1 aromatic carbocycles. The van der Waals surface area contributed by atoms with Crippen LogP contribution in [0.15, 0.2) is 36.5 Å². The molecule has 9 heteroatoms. The molecule has 0 saturated carbocycles. The number of ether oxygens (including phenoxy) is 1. The summed E-state index contributed by atoms with van der Waals surface area (Å²) < 4.78 is 98.1. The molecule has 1 aromatic heterocycles. The summed E-state index contributed by atoms with van der Waals surface area (Å²) in [5, 5.41) is 0. The van der Waals surface area contributed by atoms with Gasteiger partial charge in [0, 0.05) is 17.8 Å². The number of hydrogen-bond acceptors (Lipinski definition) is 2. The van der Waals surface area contributed by atoms with Crippen molar-refractivity contribution in [1.82, 2.24) is 4.98 Å². The van der Waals surface area contributed by atoms with Gasteiger partial charge in [0.1, 0.15) is 17.3 Å². The van der Waals surface area contributed by atoms with E-state index in [0.717, 1.165) is 24.3 Å². The van der Waals surface area contributed by atoms with E-state index in [2.05, 4.69) is 4.98 Å². The molecule has 1 unspecified atom stereocenters. The van der Waals surface area contributed by atoms with Crippen LogP contribution in [0.3, 0.4) is 0 Å². The van der Waals surface area contributed by atoms with Crippen LogP contribution < -0.4 is 0 Å². The number of hydrogen-bond donors (Lipinski definition) is 0. The van der Waals surface area contributed by atoms with Gasteiger partial charge in [-0.2, -0.15) is 22.0 Å². The summed E-state index contributed by atoms with van der Waals surface area (Å²) in [5.41, 5.74) is -4.05. The summed E-state index contributed by atoms with van der Waals surface area (Å²) in [6.07, 6.45) is -5.11. The van der Waals surface area contributed by atoms with Crippen LogP contribution in [-0.2, 0) is 22.7 Å². The molecule has 134 valence electrons. The largest absolute Gasteiger partial charge is 0.393 e. The molecule has 2 aromatic rings. The first-order valence-corrected chi connectivity index (χ1v) is 7.05. The number of rotatable bonds is 4. The van der Waals surface area contributed by atoms with Gasteiger partial charge in [-0.3, -0.25) is 4.98 Å². The van der Waals surface area contributed by atoms with Crippen molar-refractivity contribution in [2.75, 3.05) is 6.61 Å². The molecule has 0 spiro atoms. The van der Waals surface area contributed by atoms with Crippen LogP contribution >= 0.6 is 0 Å². The molecular weight excluding hydrogens is 355 g/mol. The number of alkyl halides is 5. The van der Waals surface area contributed by atoms with Crippen molar-refractivity contribution in [3.63, 3.8) is 0 Å². The second-order valence-corrected chi connectivity index (χ2v) is 5.66. The predicted octanol–water partition coefficient (Wildman–Crippen LogP) is 4.48. The summed E-state index contributed by atoms with van der Waals surface area (Å²) in [6, 6.07) is 3.74. The molecule has 1 aliphatic heterocycles. The quantitative estimate of drug-likeness (QED) is 0.590. The Balaban J connectivity index is 1.93. The van der Waals surface area contributed by atoms with Crippen molar-refractivity contribution in [2.45, 2.75) is 24.1 Å². The molecule has 3 rings (SSSR count). The van der Waals surface area contributed by atoms with E-state index >= 15 is 0 Å². The van der Waals surface area contributed by atoms with Crippen LogP contribution in [0.25, 0.3) is 0 Å². The lowest BCUT2D eigenvalue weighted by Crippen LogP contribution is -2.34. The molecule has 0 N–H and O–H groups in total. The molecule has 0 amide bonds. The maximum absolute atomic E-state index is 14.8. The van der Waals surface area contributed by atoms with E-state index in [9.17, 15) is 30.7 Å². The van der Waals surface area contributed by atoms with Crippen LogP contribution in [0.4, 0.5) is 30.7 Å². The van der Waals surface area contributed by atoms with Gasteiger partial charge in [-0.25, -0.2) is 8.78 Å². The molecule has 1 fully saturated rings. The minimum Gasteiger partial charge on any atom is -0.357 e. The van der Waals surface area contributed by atoms with Gasteiger partial charge in [0.15, 0.2) is 5.60 Å². The lowest BCUT2D eigenvalue weighted by Gasteiger charge is -2.24. The Kier molecular flexibility index (Phi) is 4.02. The van der Waals surface area contributed by atoms with Gasteiger partial charge < -0.3 is 4.74 Å². The Labute approximate surface area is 137 Å². The fourth-order valence-electron chi connectivity index (χ4n) is 2.55. The average molecular weight is 365 g/mol. The highest BCUT2D eigenvalue weighted by molar-refractivity contribution is 5.35. The zero-order chi connectivity index (χ0) is 18.5. The van der Waals surface area contributed by atoms with Crippen LogP contribution in [0.1, 0.15) is 16.8 Å². The molecule has 1 aliphatic rings. The van der Waals surface area contributed by atoms with E-state index in [1.807, 2.05) is 0 Å². The average Bonchev–Trinajstić information content (AvgIpc) is 3.28. The Hall–Kier alpha value is -2.16. The lowest BCUT2D eigenvalue weighted by molar-refractivity contribution is -0.127. The first-order chi connectivity index (χ1) is 11.6. The lowest BCUT2D eigenvalue weighted by atomic mass is 9.90. The molecule has 2 nitrogen and oxygen atoms in total. The minimum atomic E-state index is -4.50. The van der Waals surface area contributed by atoms with Crippen LogP contribution in [-0.4, -0.2) is 17.8 Å². The highest BCUT2D eigenvalue weighted by Crippen LogP contribution is 2.56. The third-order valence-corrected chi connectivity index (χ3v) is 3.86. The van der Waals surface area contributed by atoms with Gasteiger partial charge in [-0.1, -0.05) is 6.07 Å². The topological polar surface area (TPSA) is 25.4 Å². The number of pyridine rings is 1. The monoisotopic (exact) mass is 365 g/mol. The maximum atomic E-state index is 14.8. The summed E-state index contributed by atoms with van der Waals surface area (Å²) in [7, 11) is 0. The third kappa shape index (κ3) is 3.20. The maximum Gasteiger partial charge on any atom is 0.393 e. The first kappa shape index (κ1) is 17.7. The Bertz CT molecular complexity index is 782. The van der Waals surface area contributed by atoms with Crippen LogP contribution in [0.2, 0.25) is 0 Å². The van der Waals surface area contributed by atoms with Crippen molar-refractivity contribution in [3.8, 4) is 0 Å². The number of epoxide rings is 1. The third-order valence-electron chi connectivity index (χ3n) is 3.86. The van der Waals surface area contributed by atoms with Gasteiger partial charge >= 0.3 is 12.1 Å². The van der Waals surface area contributed by atoms with E-state index in [4.69, 9.17) is 4.74 Å². The van der Waals surface area contributed by atoms with E-state index in [-0.39, 0.29) is 5.56 Å². The van der Waals surface area contributed by atoms with Gasteiger partial charge in [0.2, 0.25) is 0 Å². The Morgan fingerprint density at radius 1 is 1.04 bits per heavy atom. The summed E-state index contributed by atoms with van der Waals surface area (Å²) in [4.78, 5) is 3.39. The van der Waals surface area contributed by atoms with Crippen molar-refractivity contribution >= 4 is 0 Å². The fraction of sp³-hybridized carbons (Fsp3) is 0.312. The molecular formula is C16H10F7NO. The summed E-state index contributed by atoms with van der Waals surface area (Å²) >= 11 is 0. The number of halogens is 7. The highest BCUT2D eigenvalue weighted by atomic mass is 19.4. The zero-order valence-electron chi connectivity index (χ0n) is 12.4. The second-order valence-electron chi connectivity index (χ2n) is 5.66. The standard InChI is InChI=1S/C16H10F7NO/c17-10-2-3-11(12(18)5-10)14(8-25-14)16(22,23)13-4-1-9(7-24-13)6-15(19,20)21/h1-5,7H,6,8H2. The molecule has 0 aliphatic carbocycles. The van der Waals surface area contributed by atoms with E-state index < -0.39 is 53.6 Å². The van der Waals surface area contributed by atoms with Gasteiger partial charge in [-0.05, 0) is 23.8 Å². The smallest absolute Gasteiger partial charge is 0.357 e. The SMILES string of the molecule is Fc1ccc(C2(C(F)(F)c3ccc(CC(F)(F)F)cn3)CO2)c(F)c1. The predicted molar refractivity (Wildman–Crippen MR) is 71.9 cm³/mol. The first-order valence-electron chi connectivity index (χ1n) is 7.05. The highest BCUT2D eigenvalue weighted by Gasteiger charge is 2.68. The number of benzene rings is 1. The van der Waals surface area contributed by atoms with E-state index in [1.165, 1.54) is 0 Å². The second kappa shape index (κ2) is 5.69. The van der Waals surface area contributed by atoms with Gasteiger partial charge in [0.05, 0.1) is 13.0 Å². The minimum absolute atomic E-state index is 0.286. The molecule has 0 bridgehead atoms. The van der Waals surface area contributed by atoms with Crippen molar-refractivity contribution in [1.29, 1.82) is 0 Å².